The van der Waals surface area contributed by atoms with Crippen LogP contribution in [0.4, 0.5) is 23.9 Å². The number of thiophene rings is 1. The standard InChI is InChI=1S/C34H36ClF3N6O4S/c1-17-24-29(42-33(41)48-16-34-6-3-7-43(34)12-19(36)10-34)28(38)26(20-4-5-22(37)31-25(20)21(11-39)32(40)49-31)27(35)30(24)47-14-18-13-46-15-23(18)44(17)8-9-45-2/h4-5,18-19,23H,1,3,6-10,12-16,40H2,2H3,(H2,41,42)/t18?,19-,23?,34+/m1/s1. The lowest BCUT2D eigenvalue weighted by molar-refractivity contribution is 0.106. The SMILES string of the molecule is C=C1c2c(N=C(N)OC[C@@]34CCCN3C[C@H](F)C4)c(F)c(-c3ccc(F)c4sc(N)c(C#N)c34)c(Cl)c2OCC2COCC2N1CCOC. The number of methoxy groups -OCH3 is 1. The van der Waals surface area contributed by atoms with Crippen LogP contribution in [0.5, 0.6) is 5.75 Å². The number of rotatable bonds is 7. The minimum Gasteiger partial charge on any atom is -0.491 e. The quantitative estimate of drug-likeness (QED) is 0.229. The number of halogens is 4. The second kappa shape index (κ2) is 13.2. The first-order valence-electron chi connectivity index (χ1n) is 16.1. The van der Waals surface area contributed by atoms with Gasteiger partial charge in [0.05, 0.1) is 58.9 Å². The van der Waals surface area contributed by atoms with Crippen molar-refractivity contribution in [2.75, 3.05) is 65.5 Å². The van der Waals surface area contributed by atoms with Gasteiger partial charge in [0.25, 0.3) is 6.02 Å². The molecule has 10 nitrogen and oxygen atoms in total. The summed E-state index contributed by atoms with van der Waals surface area (Å²) in [7, 11) is 1.58. The van der Waals surface area contributed by atoms with Gasteiger partial charge in [-0.3, -0.25) is 4.90 Å². The second-order valence-corrected chi connectivity index (χ2v) is 14.4. The summed E-state index contributed by atoms with van der Waals surface area (Å²) >= 11 is 7.97. The summed E-state index contributed by atoms with van der Waals surface area (Å²) in [6.07, 6.45) is 0.979. The van der Waals surface area contributed by atoms with E-state index in [2.05, 4.69) is 16.5 Å². The number of amidine groups is 1. The van der Waals surface area contributed by atoms with Gasteiger partial charge in [0.1, 0.15) is 41.1 Å². The summed E-state index contributed by atoms with van der Waals surface area (Å²) in [5.41, 5.74) is 12.1. The normalized spacial score (nSPS) is 25.5. The van der Waals surface area contributed by atoms with Gasteiger partial charge < -0.3 is 35.3 Å². The first kappa shape index (κ1) is 33.7. The van der Waals surface area contributed by atoms with Gasteiger partial charge in [-0.25, -0.2) is 13.2 Å². The number of nitrogens with two attached hydrogens (primary N) is 2. The Hall–Kier alpha value is -3.74. The van der Waals surface area contributed by atoms with Gasteiger partial charge in [0, 0.05) is 49.2 Å². The number of alkyl halides is 1. The number of nitrogens with zero attached hydrogens (tertiary/aromatic N) is 4. The molecular formula is C34H36ClF3N6O4S. The minimum atomic E-state index is -0.975. The van der Waals surface area contributed by atoms with Crippen LogP contribution >= 0.6 is 22.9 Å². The van der Waals surface area contributed by atoms with E-state index in [0.717, 1.165) is 30.7 Å². The number of ether oxygens (including phenoxy) is 4. The van der Waals surface area contributed by atoms with Crippen LogP contribution in [0.15, 0.2) is 23.7 Å². The third kappa shape index (κ3) is 5.65. The highest BCUT2D eigenvalue weighted by molar-refractivity contribution is 7.23. The molecule has 4 atom stereocenters. The van der Waals surface area contributed by atoms with E-state index >= 15 is 8.78 Å². The van der Waals surface area contributed by atoms with E-state index in [1.807, 2.05) is 11.0 Å². The summed E-state index contributed by atoms with van der Waals surface area (Å²) in [5, 5.41) is 10.0. The Balaban J connectivity index is 1.42. The Morgan fingerprint density at radius 3 is 2.88 bits per heavy atom. The molecule has 49 heavy (non-hydrogen) atoms. The van der Waals surface area contributed by atoms with Crippen molar-refractivity contribution in [3.8, 4) is 22.9 Å². The van der Waals surface area contributed by atoms with Crippen LogP contribution in [0.3, 0.4) is 0 Å². The van der Waals surface area contributed by atoms with Crippen LogP contribution in [-0.4, -0.2) is 93.4 Å². The van der Waals surface area contributed by atoms with E-state index in [4.69, 9.17) is 42.0 Å². The van der Waals surface area contributed by atoms with Crippen molar-refractivity contribution in [3.05, 3.63) is 46.5 Å². The number of hydrogen-bond donors (Lipinski definition) is 2. The third-order valence-corrected chi connectivity index (χ3v) is 11.5. The molecule has 3 fully saturated rings. The lowest BCUT2D eigenvalue weighted by atomic mass is 9.93. The highest BCUT2D eigenvalue weighted by Crippen LogP contribution is 2.53. The molecule has 0 radical (unpaired) electrons. The van der Waals surface area contributed by atoms with Gasteiger partial charge in [-0.1, -0.05) is 24.2 Å². The minimum absolute atomic E-state index is 0.00488. The van der Waals surface area contributed by atoms with Crippen LogP contribution < -0.4 is 16.2 Å². The maximum atomic E-state index is 17.4. The highest BCUT2D eigenvalue weighted by Gasteiger charge is 2.49. The van der Waals surface area contributed by atoms with E-state index < -0.39 is 23.3 Å². The van der Waals surface area contributed by atoms with E-state index in [1.165, 1.54) is 12.1 Å². The Bertz CT molecular complexity index is 1900. The summed E-state index contributed by atoms with van der Waals surface area (Å²) in [4.78, 5) is 8.55. The monoisotopic (exact) mass is 716 g/mol. The Morgan fingerprint density at radius 1 is 1.29 bits per heavy atom. The molecule has 5 heterocycles. The number of nitrogen functional groups attached to an aromatic ring is 1. The van der Waals surface area contributed by atoms with Crippen molar-refractivity contribution in [2.45, 2.75) is 37.0 Å². The van der Waals surface area contributed by atoms with Crippen LogP contribution in [-0.2, 0) is 14.2 Å². The molecule has 4 aliphatic rings. The smallest absolute Gasteiger partial charge is 0.287 e. The van der Waals surface area contributed by atoms with Gasteiger partial charge in [0.2, 0.25) is 0 Å². The molecule has 0 spiro atoms. The number of hydrogen-bond acceptors (Lipinski definition) is 10. The number of nitriles is 1. The van der Waals surface area contributed by atoms with E-state index in [1.54, 1.807) is 7.11 Å². The van der Waals surface area contributed by atoms with Crippen molar-refractivity contribution in [1.29, 1.82) is 5.26 Å². The van der Waals surface area contributed by atoms with Crippen molar-refractivity contribution in [1.82, 2.24) is 9.80 Å². The van der Waals surface area contributed by atoms with Gasteiger partial charge >= 0.3 is 0 Å². The topological polar surface area (TPSA) is 132 Å². The maximum absolute atomic E-state index is 17.4. The van der Waals surface area contributed by atoms with Crippen LogP contribution in [0.25, 0.3) is 26.9 Å². The average Bonchev–Trinajstić information content (AvgIpc) is 3.83. The molecule has 3 saturated heterocycles. The van der Waals surface area contributed by atoms with Crippen molar-refractivity contribution in [3.63, 3.8) is 0 Å². The molecule has 0 amide bonds. The van der Waals surface area contributed by atoms with Crippen LogP contribution in [0.2, 0.25) is 5.02 Å². The van der Waals surface area contributed by atoms with Gasteiger partial charge in [-0.2, -0.15) is 10.3 Å². The highest BCUT2D eigenvalue weighted by atomic mass is 35.5. The second-order valence-electron chi connectivity index (χ2n) is 12.9. The zero-order chi connectivity index (χ0) is 34.6. The number of fused-ring (bicyclic) bond motifs is 4. The fraction of sp³-hybridized carbons (Fsp3) is 0.471. The lowest BCUT2D eigenvalue weighted by Crippen LogP contribution is -2.44. The predicted molar refractivity (Wildman–Crippen MR) is 183 cm³/mol. The first-order valence-corrected chi connectivity index (χ1v) is 17.2. The average molecular weight is 717 g/mol. The Labute approximate surface area is 290 Å². The zero-order valence-electron chi connectivity index (χ0n) is 26.9. The summed E-state index contributed by atoms with van der Waals surface area (Å²) in [6.45, 7) is 7.24. The van der Waals surface area contributed by atoms with E-state index in [0.29, 0.717) is 45.0 Å². The molecule has 7 rings (SSSR count). The number of aliphatic imine (C=N–C) groups is 1. The largest absolute Gasteiger partial charge is 0.491 e. The Kier molecular flexibility index (Phi) is 9.08. The van der Waals surface area contributed by atoms with Crippen LogP contribution in [0.1, 0.15) is 30.4 Å². The van der Waals surface area contributed by atoms with Crippen molar-refractivity contribution < 1.29 is 32.1 Å². The molecular weight excluding hydrogens is 681 g/mol. The molecule has 3 aromatic rings. The third-order valence-electron chi connectivity index (χ3n) is 10.2. The summed E-state index contributed by atoms with van der Waals surface area (Å²) < 4.78 is 70.5. The molecule has 2 unspecified atom stereocenters. The molecule has 0 bridgehead atoms. The lowest BCUT2D eigenvalue weighted by Gasteiger charge is -2.38. The summed E-state index contributed by atoms with van der Waals surface area (Å²) in [5.74, 6) is -1.54. The zero-order valence-corrected chi connectivity index (χ0v) is 28.4. The van der Waals surface area contributed by atoms with Crippen molar-refractivity contribution in [2.24, 2.45) is 16.6 Å². The molecule has 4 N–H and O–H groups in total. The molecule has 260 valence electrons. The molecule has 0 aliphatic carbocycles. The predicted octanol–water partition coefficient (Wildman–Crippen LogP) is 5.82. The fourth-order valence-electron chi connectivity index (χ4n) is 7.82. The van der Waals surface area contributed by atoms with Gasteiger partial charge in [-0.15, -0.1) is 11.3 Å². The van der Waals surface area contributed by atoms with E-state index in [-0.39, 0.29) is 85.0 Å². The molecule has 2 aromatic carbocycles. The number of anilines is 1. The molecule has 4 aliphatic heterocycles. The van der Waals surface area contributed by atoms with E-state index in [9.17, 15) is 9.65 Å². The number of benzene rings is 2. The van der Waals surface area contributed by atoms with Gasteiger partial charge in [-0.05, 0) is 31.0 Å². The van der Waals surface area contributed by atoms with Crippen molar-refractivity contribution >= 4 is 55.4 Å². The van der Waals surface area contributed by atoms with Crippen LogP contribution in [0, 0.1) is 28.9 Å². The fourth-order valence-corrected chi connectivity index (χ4v) is 9.11. The first-order chi connectivity index (χ1) is 23.6. The van der Waals surface area contributed by atoms with Gasteiger partial charge in [0.15, 0.2) is 5.82 Å². The maximum Gasteiger partial charge on any atom is 0.287 e. The molecule has 0 saturated carbocycles. The molecule has 1 aromatic heterocycles. The summed E-state index contributed by atoms with van der Waals surface area (Å²) in [6, 6.07) is 4.03. The Morgan fingerprint density at radius 2 is 2.10 bits per heavy atom. The molecule has 15 heteroatoms.